The van der Waals surface area contributed by atoms with Crippen molar-refractivity contribution >= 4 is 17.6 Å². The Morgan fingerprint density at radius 3 is 2.71 bits per heavy atom. The monoisotopic (exact) mass is 473 g/mol. The van der Waals surface area contributed by atoms with Crippen LogP contribution < -0.4 is 14.8 Å². The van der Waals surface area contributed by atoms with Crippen molar-refractivity contribution in [1.82, 2.24) is 20.0 Å². The van der Waals surface area contributed by atoms with Crippen LogP contribution in [0.15, 0.2) is 23.4 Å². The van der Waals surface area contributed by atoms with Gasteiger partial charge in [-0.15, -0.1) is 0 Å². The third-order valence-corrected chi connectivity index (χ3v) is 6.51. The summed E-state index contributed by atoms with van der Waals surface area (Å²) < 4.78 is 10.9. The van der Waals surface area contributed by atoms with Gasteiger partial charge >= 0.3 is 6.03 Å². The molecule has 1 N–H and O–H groups in total. The van der Waals surface area contributed by atoms with Crippen LogP contribution in [0.3, 0.4) is 0 Å². The molecule has 0 spiro atoms. The fourth-order valence-corrected chi connectivity index (χ4v) is 4.64. The quantitative estimate of drug-likeness (QED) is 0.459. The Morgan fingerprint density at radius 1 is 1.15 bits per heavy atom. The first-order valence-electron chi connectivity index (χ1n) is 12.1. The van der Waals surface area contributed by atoms with Crippen LogP contribution in [0.2, 0.25) is 0 Å². The molecule has 1 aromatic carbocycles. The van der Waals surface area contributed by atoms with E-state index in [4.69, 9.17) is 14.3 Å². The molecule has 3 aliphatic heterocycles. The van der Waals surface area contributed by atoms with E-state index in [1.165, 1.54) is 7.11 Å². The number of fused-ring (bicyclic) bond motifs is 1. The highest BCUT2D eigenvalue weighted by Gasteiger charge is 2.40. The van der Waals surface area contributed by atoms with Crippen molar-refractivity contribution in [2.75, 3.05) is 53.2 Å². The summed E-state index contributed by atoms with van der Waals surface area (Å²) in [4.78, 5) is 36.9. The number of carbonyl (C=O) groups is 2. The molecule has 3 aliphatic rings. The summed E-state index contributed by atoms with van der Waals surface area (Å²) in [5.74, 6) is 1.55. The van der Waals surface area contributed by atoms with Crippen LogP contribution in [0.5, 0.6) is 11.5 Å². The minimum Gasteiger partial charge on any atom is -0.454 e. The van der Waals surface area contributed by atoms with Gasteiger partial charge in [0.2, 0.25) is 12.7 Å². The Kier molecular flexibility index (Phi) is 8.10. The maximum atomic E-state index is 13.4. The minimum absolute atomic E-state index is 0.0206. The fraction of sp³-hybridized carbons (Fsp3) is 0.625. The van der Waals surface area contributed by atoms with Gasteiger partial charge < -0.3 is 29.4 Å². The van der Waals surface area contributed by atoms with Gasteiger partial charge in [-0.3, -0.25) is 9.69 Å². The zero-order chi connectivity index (χ0) is 23.9. The van der Waals surface area contributed by atoms with Crippen LogP contribution in [-0.4, -0.2) is 91.6 Å². The van der Waals surface area contributed by atoms with Crippen LogP contribution in [0.25, 0.3) is 0 Å². The van der Waals surface area contributed by atoms with Crippen LogP contribution in [-0.2, 0) is 16.2 Å². The van der Waals surface area contributed by atoms with Gasteiger partial charge in [0.15, 0.2) is 11.5 Å². The molecule has 10 heteroatoms. The van der Waals surface area contributed by atoms with Crippen LogP contribution in [0.1, 0.15) is 38.2 Å². The van der Waals surface area contributed by atoms with Crippen LogP contribution in [0, 0.1) is 0 Å². The van der Waals surface area contributed by atoms with Crippen molar-refractivity contribution < 1.29 is 23.9 Å². The van der Waals surface area contributed by atoms with Crippen molar-refractivity contribution in [1.29, 1.82) is 0 Å². The number of hydrogen-bond acceptors (Lipinski definition) is 7. The SMILES string of the molecule is CCCCCNC(=O)N1CC(=NOC)CC1C(=O)N1CCN(Cc2ccc3c(c2)OCO3)CC1. The topological polar surface area (TPSA) is 95.9 Å². The number of urea groups is 1. The summed E-state index contributed by atoms with van der Waals surface area (Å²) in [6.07, 6.45) is 3.49. The average Bonchev–Trinajstić information content (AvgIpc) is 3.49. The number of nitrogens with one attached hydrogen (secondary N) is 1. The minimum atomic E-state index is -0.541. The fourth-order valence-electron chi connectivity index (χ4n) is 4.64. The van der Waals surface area contributed by atoms with Crippen molar-refractivity contribution in [2.24, 2.45) is 5.16 Å². The number of nitrogens with zero attached hydrogens (tertiary/aromatic N) is 4. The molecule has 3 amide bonds. The molecule has 2 fully saturated rings. The van der Waals surface area contributed by atoms with Crippen molar-refractivity contribution in [3.8, 4) is 11.5 Å². The second-order valence-corrected chi connectivity index (χ2v) is 8.92. The second-order valence-electron chi connectivity index (χ2n) is 8.92. The smallest absolute Gasteiger partial charge is 0.318 e. The number of carbonyl (C=O) groups excluding carboxylic acids is 2. The number of rotatable bonds is 8. The number of piperazine rings is 1. The molecule has 0 aromatic heterocycles. The predicted octanol–water partition coefficient (Wildman–Crippen LogP) is 2.04. The lowest BCUT2D eigenvalue weighted by molar-refractivity contribution is -0.137. The van der Waals surface area contributed by atoms with E-state index in [1.54, 1.807) is 4.90 Å². The van der Waals surface area contributed by atoms with Gasteiger partial charge in [-0.25, -0.2) is 4.79 Å². The Labute approximate surface area is 200 Å². The van der Waals surface area contributed by atoms with Gasteiger partial charge in [0.05, 0.1) is 12.3 Å². The molecule has 0 bridgehead atoms. The van der Waals surface area contributed by atoms with E-state index in [1.807, 2.05) is 17.0 Å². The Balaban J connectivity index is 1.31. The van der Waals surface area contributed by atoms with Crippen molar-refractivity contribution in [3.63, 3.8) is 0 Å². The van der Waals surface area contributed by atoms with Gasteiger partial charge in [0.1, 0.15) is 13.2 Å². The number of ether oxygens (including phenoxy) is 2. The summed E-state index contributed by atoms with van der Waals surface area (Å²) >= 11 is 0. The van der Waals surface area contributed by atoms with Gasteiger partial charge in [-0.05, 0) is 24.1 Å². The van der Waals surface area contributed by atoms with E-state index in [9.17, 15) is 9.59 Å². The van der Waals surface area contributed by atoms with Gasteiger partial charge in [0, 0.05) is 45.7 Å². The number of amides is 3. The third kappa shape index (κ3) is 5.72. The second kappa shape index (κ2) is 11.4. The lowest BCUT2D eigenvalue weighted by atomic mass is 10.1. The maximum absolute atomic E-state index is 13.4. The summed E-state index contributed by atoms with van der Waals surface area (Å²) in [5, 5.41) is 6.98. The predicted molar refractivity (Wildman–Crippen MR) is 127 cm³/mol. The number of hydrogen-bond donors (Lipinski definition) is 1. The molecule has 0 radical (unpaired) electrons. The molecular weight excluding hydrogens is 438 g/mol. The molecule has 186 valence electrons. The molecule has 1 aromatic rings. The molecule has 3 heterocycles. The Bertz CT molecular complexity index is 900. The molecule has 0 saturated carbocycles. The highest BCUT2D eigenvalue weighted by molar-refractivity contribution is 6.00. The number of oxime groups is 1. The van der Waals surface area contributed by atoms with Gasteiger partial charge in [-0.1, -0.05) is 31.0 Å². The lowest BCUT2D eigenvalue weighted by Gasteiger charge is -2.37. The van der Waals surface area contributed by atoms with E-state index in [-0.39, 0.29) is 18.7 Å². The van der Waals surface area contributed by atoms with E-state index < -0.39 is 6.04 Å². The molecule has 2 saturated heterocycles. The third-order valence-electron chi connectivity index (χ3n) is 6.51. The first kappa shape index (κ1) is 24.1. The summed E-state index contributed by atoms with van der Waals surface area (Å²) in [7, 11) is 1.48. The van der Waals surface area contributed by atoms with Crippen LogP contribution >= 0.6 is 0 Å². The molecule has 0 aliphatic carbocycles. The standard InChI is InChI=1S/C24H35N5O5/c1-3-4-5-8-25-24(31)29-16-19(26-32-2)14-20(29)23(30)28-11-9-27(10-12-28)15-18-6-7-21-22(13-18)34-17-33-21/h6-7,13,20H,3-5,8-12,14-17H2,1-2H3,(H,25,31). The van der Waals surface area contributed by atoms with Gasteiger partial charge in [0.25, 0.3) is 0 Å². The Morgan fingerprint density at radius 2 is 1.94 bits per heavy atom. The van der Waals surface area contributed by atoms with E-state index >= 15 is 0 Å². The molecule has 1 atom stereocenters. The van der Waals surface area contributed by atoms with Crippen molar-refractivity contribution in [2.45, 2.75) is 45.2 Å². The highest BCUT2D eigenvalue weighted by atomic mass is 16.7. The van der Waals surface area contributed by atoms with Gasteiger partial charge in [-0.2, -0.15) is 0 Å². The summed E-state index contributed by atoms with van der Waals surface area (Å²) in [6, 6.07) is 5.26. The summed E-state index contributed by atoms with van der Waals surface area (Å²) in [6.45, 7) is 6.91. The maximum Gasteiger partial charge on any atom is 0.318 e. The van der Waals surface area contributed by atoms with E-state index in [0.717, 1.165) is 56.0 Å². The molecular formula is C24H35N5O5. The zero-order valence-electron chi connectivity index (χ0n) is 20.1. The number of unbranched alkanes of at least 4 members (excludes halogenated alkanes) is 2. The van der Waals surface area contributed by atoms with Crippen molar-refractivity contribution in [3.05, 3.63) is 23.8 Å². The first-order chi connectivity index (χ1) is 16.6. The molecule has 10 nitrogen and oxygen atoms in total. The largest absolute Gasteiger partial charge is 0.454 e. The molecule has 34 heavy (non-hydrogen) atoms. The highest BCUT2D eigenvalue weighted by Crippen LogP contribution is 2.33. The lowest BCUT2D eigenvalue weighted by Crippen LogP contribution is -2.55. The van der Waals surface area contributed by atoms with E-state index in [2.05, 4.69) is 28.4 Å². The Hall–Kier alpha value is -3.01. The zero-order valence-corrected chi connectivity index (χ0v) is 20.1. The van der Waals surface area contributed by atoms with E-state index in [0.29, 0.717) is 38.3 Å². The average molecular weight is 474 g/mol. The first-order valence-corrected chi connectivity index (χ1v) is 12.1. The van der Waals surface area contributed by atoms with Crippen LogP contribution in [0.4, 0.5) is 4.79 Å². The molecule has 1 unspecified atom stereocenters. The normalized spacial score (nSPS) is 21.2. The number of benzene rings is 1. The summed E-state index contributed by atoms with van der Waals surface area (Å²) in [5.41, 5.74) is 1.87. The number of likely N-dealkylation sites (tertiary alicyclic amines) is 1. The molecule has 4 rings (SSSR count).